The van der Waals surface area contributed by atoms with Crippen LogP contribution in [-0.2, 0) is 5.60 Å². The van der Waals surface area contributed by atoms with Crippen LogP contribution in [0.15, 0.2) is 12.1 Å². The Labute approximate surface area is 156 Å². The first-order valence-corrected chi connectivity index (χ1v) is 9.52. The molecule has 2 N–H and O–H groups in total. The van der Waals surface area contributed by atoms with E-state index in [2.05, 4.69) is 33.8 Å². The summed E-state index contributed by atoms with van der Waals surface area (Å²) in [6.07, 6.45) is 6.38. The van der Waals surface area contributed by atoms with Crippen LogP contribution >= 0.6 is 0 Å². The second kappa shape index (κ2) is 6.28. The van der Waals surface area contributed by atoms with Gasteiger partial charge in [-0.2, -0.15) is 0 Å². The number of aliphatic hydroxyl groups is 2. The summed E-state index contributed by atoms with van der Waals surface area (Å²) in [6, 6.07) is 2.07. The SMILES string of the molecule is COc1c(C(C)C)cc2c(c1OC)[C@@]1(O)CCCC(C)(C)[C@@](O)(C=C2)C1. The third kappa shape index (κ3) is 2.74. The Morgan fingerprint density at radius 2 is 1.69 bits per heavy atom. The quantitative estimate of drug-likeness (QED) is 0.840. The molecule has 144 valence electrons. The minimum Gasteiger partial charge on any atom is -0.493 e. The molecule has 0 radical (unpaired) electrons. The minimum absolute atomic E-state index is 0.247. The van der Waals surface area contributed by atoms with Crippen LogP contribution in [0, 0.1) is 5.41 Å². The van der Waals surface area contributed by atoms with Gasteiger partial charge in [-0.1, -0.05) is 39.8 Å². The first-order chi connectivity index (χ1) is 12.1. The Morgan fingerprint density at radius 1 is 1.04 bits per heavy atom. The molecule has 0 unspecified atom stereocenters. The molecule has 4 heteroatoms. The van der Waals surface area contributed by atoms with Gasteiger partial charge in [0.1, 0.15) is 0 Å². The fraction of sp³-hybridized carbons (Fsp3) is 0.636. The van der Waals surface area contributed by atoms with Crippen LogP contribution in [0.3, 0.4) is 0 Å². The molecule has 2 aliphatic carbocycles. The smallest absolute Gasteiger partial charge is 0.167 e. The van der Waals surface area contributed by atoms with E-state index in [0.717, 1.165) is 29.5 Å². The summed E-state index contributed by atoms with van der Waals surface area (Å²) in [5.41, 5.74) is 0.141. The number of fused-ring (bicyclic) bond motifs is 4. The van der Waals surface area contributed by atoms with Crippen molar-refractivity contribution in [3.63, 3.8) is 0 Å². The summed E-state index contributed by atoms with van der Waals surface area (Å²) in [5, 5.41) is 23.2. The van der Waals surface area contributed by atoms with Crippen LogP contribution in [0.1, 0.15) is 76.0 Å². The van der Waals surface area contributed by atoms with Crippen molar-refractivity contribution in [1.29, 1.82) is 0 Å². The van der Waals surface area contributed by atoms with Gasteiger partial charge in [0.2, 0.25) is 0 Å². The van der Waals surface area contributed by atoms with E-state index >= 15 is 0 Å². The van der Waals surface area contributed by atoms with E-state index in [-0.39, 0.29) is 17.8 Å². The van der Waals surface area contributed by atoms with Crippen LogP contribution in [-0.4, -0.2) is 30.0 Å². The highest BCUT2D eigenvalue weighted by atomic mass is 16.5. The van der Waals surface area contributed by atoms with Crippen molar-refractivity contribution in [3.05, 3.63) is 28.8 Å². The maximum Gasteiger partial charge on any atom is 0.167 e. The lowest BCUT2D eigenvalue weighted by Gasteiger charge is -2.42. The zero-order valence-electron chi connectivity index (χ0n) is 16.8. The van der Waals surface area contributed by atoms with E-state index in [1.807, 2.05) is 12.2 Å². The van der Waals surface area contributed by atoms with E-state index in [1.165, 1.54) is 0 Å². The molecular weight excluding hydrogens is 328 g/mol. The summed E-state index contributed by atoms with van der Waals surface area (Å²) in [4.78, 5) is 0. The lowest BCUT2D eigenvalue weighted by atomic mass is 9.69. The van der Waals surface area contributed by atoms with Crippen molar-refractivity contribution in [1.82, 2.24) is 0 Å². The van der Waals surface area contributed by atoms with Gasteiger partial charge < -0.3 is 19.7 Å². The van der Waals surface area contributed by atoms with Crippen LogP contribution in [0.2, 0.25) is 0 Å². The fourth-order valence-electron chi connectivity index (χ4n) is 4.66. The average molecular weight is 360 g/mol. The number of hydrogen-bond donors (Lipinski definition) is 2. The Morgan fingerprint density at radius 3 is 2.27 bits per heavy atom. The predicted octanol–water partition coefficient (Wildman–Crippen LogP) is 4.37. The number of methoxy groups -OCH3 is 2. The molecule has 1 aromatic rings. The van der Waals surface area contributed by atoms with Crippen molar-refractivity contribution >= 4 is 6.08 Å². The highest BCUT2D eigenvalue weighted by Gasteiger charge is 2.52. The molecule has 2 aliphatic rings. The van der Waals surface area contributed by atoms with Gasteiger partial charge in [0, 0.05) is 17.5 Å². The van der Waals surface area contributed by atoms with Crippen LogP contribution in [0.5, 0.6) is 11.5 Å². The van der Waals surface area contributed by atoms with Gasteiger partial charge in [-0.3, -0.25) is 0 Å². The van der Waals surface area contributed by atoms with Crippen molar-refractivity contribution in [2.45, 2.75) is 70.5 Å². The maximum absolute atomic E-state index is 11.7. The largest absolute Gasteiger partial charge is 0.493 e. The van der Waals surface area contributed by atoms with Crippen molar-refractivity contribution in [3.8, 4) is 11.5 Å². The molecule has 0 heterocycles. The van der Waals surface area contributed by atoms with E-state index in [1.54, 1.807) is 14.2 Å². The Bertz CT molecular complexity index is 734. The molecule has 26 heavy (non-hydrogen) atoms. The summed E-state index contributed by atoms with van der Waals surface area (Å²) in [6.45, 7) is 8.38. The Hall–Kier alpha value is -1.52. The molecule has 1 aromatic carbocycles. The van der Waals surface area contributed by atoms with Gasteiger partial charge in [0.15, 0.2) is 11.5 Å². The predicted molar refractivity (Wildman–Crippen MR) is 104 cm³/mol. The molecule has 2 atom stereocenters. The minimum atomic E-state index is -1.16. The molecule has 3 rings (SSSR count). The van der Waals surface area contributed by atoms with Gasteiger partial charge in [0.05, 0.1) is 25.4 Å². The van der Waals surface area contributed by atoms with Gasteiger partial charge in [-0.15, -0.1) is 0 Å². The van der Waals surface area contributed by atoms with Crippen molar-refractivity contribution in [2.24, 2.45) is 5.41 Å². The van der Waals surface area contributed by atoms with Gasteiger partial charge >= 0.3 is 0 Å². The molecule has 1 fully saturated rings. The average Bonchev–Trinajstić information content (AvgIpc) is 2.73. The Balaban J connectivity index is 2.33. The zero-order valence-corrected chi connectivity index (χ0v) is 16.8. The molecule has 0 saturated heterocycles. The third-order valence-electron chi connectivity index (χ3n) is 6.46. The summed E-state index contributed by atoms with van der Waals surface area (Å²) < 4.78 is 11.5. The van der Waals surface area contributed by atoms with Gasteiger partial charge in [-0.05, 0) is 42.2 Å². The van der Waals surface area contributed by atoms with Gasteiger partial charge in [-0.25, -0.2) is 0 Å². The summed E-state index contributed by atoms with van der Waals surface area (Å²) >= 11 is 0. The van der Waals surface area contributed by atoms with Crippen LogP contribution < -0.4 is 9.47 Å². The van der Waals surface area contributed by atoms with Crippen molar-refractivity contribution in [2.75, 3.05) is 14.2 Å². The van der Waals surface area contributed by atoms with Gasteiger partial charge in [0.25, 0.3) is 0 Å². The number of ether oxygens (including phenoxy) is 2. The lowest BCUT2D eigenvalue weighted by molar-refractivity contribution is -0.0851. The van der Waals surface area contributed by atoms with E-state index in [4.69, 9.17) is 9.47 Å². The second-order valence-electron chi connectivity index (χ2n) is 8.85. The van der Waals surface area contributed by atoms with E-state index < -0.39 is 11.2 Å². The van der Waals surface area contributed by atoms with E-state index in [9.17, 15) is 10.2 Å². The molecule has 0 aliphatic heterocycles. The molecule has 1 saturated carbocycles. The lowest BCUT2D eigenvalue weighted by Crippen LogP contribution is -2.45. The molecule has 0 spiro atoms. The summed E-state index contributed by atoms with van der Waals surface area (Å²) in [5.74, 6) is 1.51. The standard InChI is InChI=1S/C22H32O4/c1-14(2)16-12-15-8-11-22(24)13-21(23,10-7-9-20(22,3)4)17(15)19(26-6)18(16)25-5/h8,11-12,14,23-24H,7,9-10,13H2,1-6H3/t21-,22-/m1/s1. The topological polar surface area (TPSA) is 58.9 Å². The zero-order chi connectivity index (χ0) is 19.3. The Kier molecular flexibility index (Phi) is 4.65. The number of benzene rings is 1. The molecule has 4 nitrogen and oxygen atoms in total. The maximum atomic E-state index is 11.7. The van der Waals surface area contributed by atoms with Crippen molar-refractivity contribution < 1.29 is 19.7 Å². The van der Waals surface area contributed by atoms with Crippen LogP contribution in [0.4, 0.5) is 0 Å². The number of rotatable bonds is 3. The first kappa shape index (κ1) is 19.2. The highest BCUT2D eigenvalue weighted by Crippen LogP contribution is 2.56. The summed E-state index contributed by atoms with van der Waals surface area (Å²) in [7, 11) is 3.26. The second-order valence-corrected chi connectivity index (χ2v) is 8.85. The fourth-order valence-corrected chi connectivity index (χ4v) is 4.66. The van der Waals surface area contributed by atoms with Crippen LogP contribution in [0.25, 0.3) is 6.08 Å². The number of hydrogen-bond acceptors (Lipinski definition) is 4. The molecular formula is C22H32O4. The van der Waals surface area contributed by atoms with E-state index in [0.29, 0.717) is 17.9 Å². The monoisotopic (exact) mass is 360 g/mol. The normalized spacial score (nSPS) is 29.7. The first-order valence-electron chi connectivity index (χ1n) is 9.52. The molecule has 0 aromatic heterocycles. The highest BCUT2D eigenvalue weighted by molar-refractivity contribution is 5.69. The molecule has 2 bridgehead atoms. The molecule has 0 amide bonds. The third-order valence-corrected chi connectivity index (χ3v) is 6.46.